The molecule has 0 atom stereocenters. The second kappa shape index (κ2) is 5.33. The minimum absolute atomic E-state index is 0.195. The van der Waals surface area contributed by atoms with Crippen LogP contribution in [0, 0.1) is 6.92 Å². The van der Waals surface area contributed by atoms with Gasteiger partial charge in [-0.05, 0) is 13.0 Å². The molecule has 0 aliphatic carbocycles. The number of aromatic carboxylic acids is 1. The number of sulfone groups is 2. The van der Waals surface area contributed by atoms with Crippen molar-refractivity contribution in [3.05, 3.63) is 23.2 Å². The summed E-state index contributed by atoms with van der Waals surface area (Å²) in [4.78, 5) is 10.7. The number of aryl methyl sites for hydroxylation is 1. The fourth-order valence-electron chi connectivity index (χ4n) is 1.36. The summed E-state index contributed by atoms with van der Waals surface area (Å²) in [6.45, 7) is 1.45. The number of carboxylic acid groups (broad SMARTS) is 1. The highest BCUT2D eigenvalue weighted by atomic mass is 32.2. The van der Waals surface area contributed by atoms with Crippen LogP contribution < -0.4 is 0 Å². The standard InChI is InChI=1S/C10H14O7S2/c1-7-8(5-9(17-7)10(11)12)6-19(15,16)4-3-18(2,13)14/h5H,3-4,6H2,1-2H3,(H,11,12). The van der Waals surface area contributed by atoms with Crippen molar-refractivity contribution in [1.29, 1.82) is 0 Å². The highest BCUT2D eigenvalue weighted by Crippen LogP contribution is 2.17. The Balaban J connectivity index is 2.87. The van der Waals surface area contributed by atoms with Crippen molar-refractivity contribution in [1.82, 2.24) is 0 Å². The van der Waals surface area contributed by atoms with Crippen LogP contribution in [0.15, 0.2) is 10.5 Å². The average molecular weight is 310 g/mol. The zero-order chi connectivity index (χ0) is 14.8. The lowest BCUT2D eigenvalue weighted by Gasteiger charge is -2.02. The maximum Gasteiger partial charge on any atom is 0.371 e. The summed E-state index contributed by atoms with van der Waals surface area (Å²) in [5, 5.41) is 8.71. The Kier molecular flexibility index (Phi) is 4.41. The van der Waals surface area contributed by atoms with Gasteiger partial charge in [-0.25, -0.2) is 21.6 Å². The molecular weight excluding hydrogens is 296 g/mol. The minimum Gasteiger partial charge on any atom is -0.475 e. The van der Waals surface area contributed by atoms with Gasteiger partial charge in [0.25, 0.3) is 0 Å². The SMILES string of the molecule is Cc1oc(C(=O)O)cc1CS(=O)(=O)CCS(C)(=O)=O. The smallest absolute Gasteiger partial charge is 0.371 e. The van der Waals surface area contributed by atoms with Crippen LogP contribution in [0.4, 0.5) is 0 Å². The Bertz CT molecular complexity index is 679. The predicted molar refractivity (Wildman–Crippen MR) is 67.6 cm³/mol. The number of hydrogen-bond donors (Lipinski definition) is 1. The van der Waals surface area contributed by atoms with E-state index in [1.54, 1.807) is 0 Å². The van der Waals surface area contributed by atoms with E-state index in [2.05, 4.69) is 0 Å². The van der Waals surface area contributed by atoms with Crippen molar-refractivity contribution in [2.75, 3.05) is 17.8 Å². The van der Waals surface area contributed by atoms with Gasteiger partial charge in [0.15, 0.2) is 9.84 Å². The highest BCUT2D eigenvalue weighted by Gasteiger charge is 2.20. The topological polar surface area (TPSA) is 119 Å². The van der Waals surface area contributed by atoms with Crippen LogP contribution in [-0.4, -0.2) is 45.7 Å². The molecule has 0 spiro atoms. The van der Waals surface area contributed by atoms with E-state index >= 15 is 0 Å². The van der Waals surface area contributed by atoms with Gasteiger partial charge in [0.1, 0.15) is 15.6 Å². The zero-order valence-electron chi connectivity index (χ0n) is 10.4. The monoisotopic (exact) mass is 310 g/mol. The first-order chi connectivity index (χ1) is 8.50. The third-order valence-electron chi connectivity index (χ3n) is 2.37. The van der Waals surface area contributed by atoms with Gasteiger partial charge in [0, 0.05) is 11.8 Å². The number of furan rings is 1. The number of hydrogen-bond acceptors (Lipinski definition) is 6. The van der Waals surface area contributed by atoms with Crippen molar-refractivity contribution in [3.63, 3.8) is 0 Å². The lowest BCUT2D eigenvalue weighted by atomic mass is 10.3. The molecule has 1 aromatic heterocycles. The Labute approximate surface area is 111 Å². The largest absolute Gasteiger partial charge is 0.475 e. The van der Waals surface area contributed by atoms with Crippen molar-refractivity contribution < 1.29 is 31.2 Å². The second-order valence-corrected chi connectivity index (χ2v) is 8.66. The lowest BCUT2D eigenvalue weighted by molar-refractivity contribution is 0.0661. The molecule has 0 radical (unpaired) electrons. The quantitative estimate of drug-likeness (QED) is 0.799. The van der Waals surface area contributed by atoms with Crippen LogP contribution in [0.5, 0.6) is 0 Å². The van der Waals surface area contributed by atoms with Gasteiger partial charge in [-0.15, -0.1) is 0 Å². The summed E-state index contributed by atoms with van der Waals surface area (Å²) in [6, 6.07) is 1.13. The molecule has 108 valence electrons. The summed E-state index contributed by atoms with van der Waals surface area (Å²) in [5.41, 5.74) is 0.228. The molecule has 7 nitrogen and oxygen atoms in total. The molecule has 19 heavy (non-hydrogen) atoms. The first-order valence-corrected chi connectivity index (χ1v) is 9.09. The van der Waals surface area contributed by atoms with Gasteiger partial charge < -0.3 is 9.52 Å². The average Bonchev–Trinajstić information content (AvgIpc) is 2.56. The summed E-state index contributed by atoms with van der Waals surface area (Å²) in [6.07, 6.45) is 0.953. The molecule has 0 bridgehead atoms. The lowest BCUT2D eigenvalue weighted by Crippen LogP contribution is -2.17. The van der Waals surface area contributed by atoms with Crippen LogP contribution in [0.2, 0.25) is 0 Å². The van der Waals surface area contributed by atoms with E-state index in [4.69, 9.17) is 9.52 Å². The van der Waals surface area contributed by atoms with E-state index < -0.39 is 42.9 Å². The normalized spacial score (nSPS) is 12.5. The maximum atomic E-state index is 11.7. The van der Waals surface area contributed by atoms with Gasteiger partial charge in [-0.1, -0.05) is 0 Å². The van der Waals surface area contributed by atoms with Crippen LogP contribution in [0.25, 0.3) is 0 Å². The fraction of sp³-hybridized carbons (Fsp3) is 0.500. The fourth-order valence-corrected chi connectivity index (χ4v) is 4.49. The van der Waals surface area contributed by atoms with Crippen molar-refractivity contribution in [3.8, 4) is 0 Å². The first kappa shape index (κ1) is 15.7. The van der Waals surface area contributed by atoms with Crippen molar-refractivity contribution in [2.24, 2.45) is 0 Å². The van der Waals surface area contributed by atoms with Crippen molar-refractivity contribution in [2.45, 2.75) is 12.7 Å². The van der Waals surface area contributed by atoms with Crippen LogP contribution in [0.1, 0.15) is 21.9 Å². The Hall–Kier alpha value is -1.35. The maximum absolute atomic E-state index is 11.7. The third-order valence-corrected chi connectivity index (χ3v) is 5.15. The van der Waals surface area contributed by atoms with Crippen LogP contribution >= 0.6 is 0 Å². The molecule has 9 heteroatoms. The Morgan fingerprint density at radius 3 is 2.26 bits per heavy atom. The van der Waals surface area contributed by atoms with E-state index in [-0.39, 0.29) is 17.1 Å². The van der Waals surface area contributed by atoms with Gasteiger partial charge in [0.05, 0.1) is 17.3 Å². The molecule has 1 heterocycles. The number of rotatable bonds is 6. The third kappa shape index (κ3) is 5.03. The van der Waals surface area contributed by atoms with E-state index in [1.165, 1.54) is 6.92 Å². The molecule has 0 unspecified atom stereocenters. The van der Waals surface area contributed by atoms with Crippen molar-refractivity contribution >= 4 is 25.6 Å². The Morgan fingerprint density at radius 2 is 1.84 bits per heavy atom. The molecule has 0 amide bonds. The Morgan fingerprint density at radius 1 is 1.26 bits per heavy atom. The molecule has 0 aromatic carbocycles. The summed E-state index contributed by atoms with van der Waals surface area (Å²) < 4.78 is 50.2. The molecular formula is C10H14O7S2. The minimum atomic E-state index is -3.63. The predicted octanol–water partition coefficient (Wildman–Crippen LogP) is 0.246. The molecule has 0 fully saturated rings. The first-order valence-electron chi connectivity index (χ1n) is 5.21. The van der Waals surface area contributed by atoms with E-state index in [1.807, 2.05) is 0 Å². The van der Waals surface area contributed by atoms with E-state index in [0.717, 1.165) is 12.3 Å². The molecule has 1 N–H and O–H groups in total. The zero-order valence-corrected chi connectivity index (χ0v) is 12.0. The molecule has 0 aliphatic rings. The molecule has 0 saturated heterocycles. The molecule has 1 aromatic rings. The highest BCUT2D eigenvalue weighted by molar-refractivity contribution is 7.94. The summed E-state index contributed by atoms with van der Waals surface area (Å²) in [7, 11) is -7.00. The van der Waals surface area contributed by atoms with E-state index in [9.17, 15) is 21.6 Å². The van der Waals surface area contributed by atoms with Gasteiger partial charge in [-0.3, -0.25) is 0 Å². The molecule has 0 aliphatic heterocycles. The number of carbonyl (C=O) groups is 1. The van der Waals surface area contributed by atoms with E-state index in [0.29, 0.717) is 0 Å². The summed E-state index contributed by atoms with van der Waals surface area (Å²) >= 11 is 0. The van der Waals surface area contributed by atoms with Gasteiger partial charge in [0.2, 0.25) is 5.76 Å². The number of carboxylic acids is 1. The molecule has 0 saturated carbocycles. The summed E-state index contributed by atoms with van der Waals surface area (Å²) in [5.74, 6) is -2.84. The van der Waals surface area contributed by atoms with Gasteiger partial charge in [-0.2, -0.15) is 0 Å². The van der Waals surface area contributed by atoms with Gasteiger partial charge >= 0.3 is 5.97 Å². The van der Waals surface area contributed by atoms with Crippen LogP contribution in [0.3, 0.4) is 0 Å². The molecule has 1 rings (SSSR count). The van der Waals surface area contributed by atoms with Crippen LogP contribution in [-0.2, 0) is 25.4 Å². The second-order valence-electron chi connectivity index (χ2n) is 4.22.